The number of anilines is 1. The molecule has 0 saturated carbocycles. The van der Waals surface area contributed by atoms with Gasteiger partial charge < -0.3 is 14.6 Å². The second kappa shape index (κ2) is 8.57. The van der Waals surface area contributed by atoms with E-state index >= 15 is 0 Å². The van der Waals surface area contributed by atoms with Gasteiger partial charge in [-0.1, -0.05) is 41.6 Å². The number of nitrogens with zero attached hydrogens (tertiary/aromatic N) is 2. The van der Waals surface area contributed by atoms with Crippen molar-refractivity contribution in [3.05, 3.63) is 84.2 Å². The van der Waals surface area contributed by atoms with Crippen molar-refractivity contribution >= 4 is 11.6 Å². The van der Waals surface area contributed by atoms with E-state index in [2.05, 4.69) is 15.5 Å². The highest BCUT2D eigenvalue weighted by Gasteiger charge is 2.11. The van der Waals surface area contributed by atoms with E-state index in [0.717, 1.165) is 16.7 Å². The number of aryl methyl sites for hydroxylation is 1. The average Bonchev–Trinajstić information content (AvgIpc) is 3.26. The number of carbonyl (C=O) groups excluding carboxylic acids is 1. The van der Waals surface area contributed by atoms with Crippen LogP contribution in [-0.4, -0.2) is 22.7 Å². The minimum Gasteiger partial charge on any atom is -0.484 e. The highest BCUT2D eigenvalue weighted by molar-refractivity contribution is 5.92. The molecule has 0 bridgehead atoms. The fourth-order valence-electron chi connectivity index (χ4n) is 2.81. The van der Waals surface area contributed by atoms with Gasteiger partial charge in [0.25, 0.3) is 11.8 Å². The van der Waals surface area contributed by atoms with Gasteiger partial charge in [0.1, 0.15) is 11.6 Å². The number of rotatable bonds is 6. The third kappa shape index (κ3) is 4.52. The molecule has 150 valence electrons. The standard InChI is InChI=1S/C23H18FN3O3/c1-15-7-12-19(24)20(13-15)25-21(28)14-29-18-10-8-17(9-11-18)23-26-22(27-30-23)16-5-3-2-4-6-16/h2-13H,14H2,1H3,(H,25,28). The predicted molar refractivity (Wildman–Crippen MR) is 110 cm³/mol. The summed E-state index contributed by atoms with van der Waals surface area (Å²) in [6, 6.07) is 21.0. The zero-order chi connectivity index (χ0) is 20.9. The Morgan fingerprint density at radius 3 is 2.57 bits per heavy atom. The summed E-state index contributed by atoms with van der Waals surface area (Å²) < 4.78 is 24.5. The molecule has 30 heavy (non-hydrogen) atoms. The van der Waals surface area contributed by atoms with Gasteiger partial charge in [0.2, 0.25) is 5.82 Å². The van der Waals surface area contributed by atoms with E-state index in [-0.39, 0.29) is 12.3 Å². The summed E-state index contributed by atoms with van der Waals surface area (Å²) in [4.78, 5) is 16.4. The Labute approximate surface area is 172 Å². The number of amides is 1. The molecule has 3 aromatic carbocycles. The lowest BCUT2D eigenvalue weighted by molar-refractivity contribution is -0.118. The molecule has 0 spiro atoms. The van der Waals surface area contributed by atoms with Crippen LogP contribution in [0.3, 0.4) is 0 Å². The van der Waals surface area contributed by atoms with Crippen LogP contribution in [-0.2, 0) is 4.79 Å². The molecule has 0 aliphatic heterocycles. The van der Waals surface area contributed by atoms with Crippen LogP contribution in [0.25, 0.3) is 22.8 Å². The zero-order valence-electron chi connectivity index (χ0n) is 16.1. The Balaban J connectivity index is 1.36. The molecular weight excluding hydrogens is 385 g/mol. The van der Waals surface area contributed by atoms with Crippen molar-refractivity contribution in [2.24, 2.45) is 0 Å². The van der Waals surface area contributed by atoms with Crippen LogP contribution in [0.15, 0.2) is 77.3 Å². The molecule has 4 aromatic rings. The maximum Gasteiger partial charge on any atom is 0.262 e. The van der Waals surface area contributed by atoms with Crippen LogP contribution in [0.1, 0.15) is 5.56 Å². The minimum atomic E-state index is -0.493. The first-order valence-corrected chi connectivity index (χ1v) is 9.27. The van der Waals surface area contributed by atoms with Gasteiger partial charge in [0.15, 0.2) is 6.61 Å². The lowest BCUT2D eigenvalue weighted by Crippen LogP contribution is -2.20. The quantitative estimate of drug-likeness (QED) is 0.497. The van der Waals surface area contributed by atoms with Crippen LogP contribution in [0, 0.1) is 12.7 Å². The summed E-state index contributed by atoms with van der Waals surface area (Å²) in [6.45, 7) is 1.57. The second-order valence-corrected chi connectivity index (χ2v) is 6.63. The summed E-state index contributed by atoms with van der Waals surface area (Å²) in [5, 5.41) is 6.50. The fourth-order valence-corrected chi connectivity index (χ4v) is 2.81. The predicted octanol–water partition coefficient (Wildman–Crippen LogP) is 4.87. The number of benzene rings is 3. The van der Waals surface area contributed by atoms with E-state index in [4.69, 9.17) is 9.26 Å². The Morgan fingerprint density at radius 1 is 1.03 bits per heavy atom. The molecule has 0 fully saturated rings. The molecule has 4 rings (SSSR count). The Bertz CT molecular complexity index is 1160. The van der Waals surface area contributed by atoms with Gasteiger partial charge >= 0.3 is 0 Å². The number of ether oxygens (including phenoxy) is 1. The van der Waals surface area contributed by atoms with E-state index in [9.17, 15) is 9.18 Å². The minimum absolute atomic E-state index is 0.129. The van der Waals surface area contributed by atoms with Crippen molar-refractivity contribution < 1.29 is 18.4 Å². The number of carbonyl (C=O) groups is 1. The molecule has 7 heteroatoms. The molecule has 6 nitrogen and oxygen atoms in total. The molecule has 0 unspecified atom stereocenters. The number of hydrogen-bond donors (Lipinski definition) is 1. The average molecular weight is 403 g/mol. The van der Waals surface area contributed by atoms with Crippen molar-refractivity contribution in [3.63, 3.8) is 0 Å². The molecule has 1 N–H and O–H groups in total. The first kappa shape index (κ1) is 19.3. The first-order valence-electron chi connectivity index (χ1n) is 9.27. The number of halogens is 1. The molecule has 1 heterocycles. The molecular formula is C23H18FN3O3. The molecule has 0 atom stereocenters. The summed E-state index contributed by atoms with van der Waals surface area (Å²) >= 11 is 0. The third-order valence-electron chi connectivity index (χ3n) is 4.33. The topological polar surface area (TPSA) is 77.2 Å². The lowest BCUT2D eigenvalue weighted by atomic mass is 10.2. The van der Waals surface area contributed by atoms with Gasteiger partial charge in [-0.25, -0.2) is 4.39 Å². The highest BCUT2D eigenvalue weighted by Crippen LogP contribution is 2.24. The van der Waals surface area contributed by atoms with Gasteiger partial charge in [0.05, 0.1) is 5.69 Å². The van der Waals surface area contributed by atoms with Crippen molar-refractivity contribution in [1.82, 2.24) is 10.1 Å². The maximum atomic E-state index is 13.7. The van der Waals surface area contributed by atoms with Crippen LogP contribution in [0.4, 0.5) is 10.1 Å². The monoisotopic (exact) mass is 403 g/mol. The van der Waals surface area contributed by atoms with E-state index in [1.807, 2.05) is 37.3 Å². The van der Waals surface area contributed by atoms with E-state index in [0.29, 0.717) is 17.5 Å². The molecule has 0 aliphatic carbocycles. The van der Waals surface area contributed by atoms with E-state index < -0.39 is 11.7 Å². The number of hydrogen-bond acceptors (Lipinski definition) is 5. The van der Waals surface area contributed by atoms with Gasteiger partial charge in [-0.3, -0.25) is 4.79 Å². The summed E-state index contributed by atoms with van der Waals surface area (Å²) in [5.74, 6) is 0.432. The second-order valence-electron chi connectivity index (χ2n) is 6.63. The molecule has 0 aliphatic rings. The van der Waals surface area contributed by atoms with Crippen LogP contribution >= 0.6 is 0 Å². The number of aromatic nitrogens is 2. The number of nitrogens with one attached hydrogen (secondary N) is 1. The lowest BCUT2D eigenvalue weighted by Gasteiger charge is -2.09. The van der Waals surface area contributed by atoms with Gasteiger partial charge in [-0.05, 0) is 48.9 Å². The molecule has 1 amide bonds. The van der Waals surface area contributed by atoms with Crippen molar-refractivity contribution in [2.45, 2.75) is 6.92 Å². The Morgan fingerprint density at radius 2 is 1.80 bits per heavy atom. The Kier molecular flexibility index (Phi) is 5.52. The highest BCUT2D eigenvalue weighted by atomic mass is 19.1. The summed E-state index contributed by atoms with van der Waals surface area (Å²) in [6.07, 6.45) is 0. The summed E-state index contributed by atoms with van der Waals surface area (Å²) in [7, 11) is 0. The van der Waals surface area contributed by atoms with Crippen molar-refractivity contribution in [3.8, 4) is 28.6 Å². The SMILES string of the molecule is Cc1ccc(F)c(NC(=O)COc2ccc(-c3nc(-c4ccccc4)no3)cc2)c1. The van der Waals surface area contributed by atoms with Crippen LogP contribution in [0.5, 0.6) is 5.75 Å². The smallest absolute Gasteiger partial charge is 0.262 e. The van der Waals surface area contributed by atoms with Crippen molar-refractivity contribution in [1.29, 1.82) is 0 Å². The Hall–Kier alpha value is -4.00. The van der Waals surface area contributed by atoms with Crippen molar-refractivity contribution in [2.75, 3.05) is 11.9 Å². The van der Waals surface area contributed by atoms with E-state index in [1.54, 1.807) is 36.4 Å². The normalized spacial score (nSPS) is 10.6. The van der Waals surface area contributed by atoms with Gasteiger partial charge in [-0.15, -0.1) is 0 Å². The third-order valence-corrected chi connectivity index (χ3v) is 4.33. The molecule has 1 aromatic heterocycles. The summed E-state index contributed by atoms with van der Waals surface area (Å²) in [5.41, 5.74) is 2.57. The molecule has 0 saturated heterocycles. The van der Waals surface area contributed by atoms with E-state index in [1.165, 1.54) is 6.07 Å². The van der Waals surface area contributed by atoms with Crippen LogP contribution < -0.4 is 10.1 Å². The first-order chi connectivity index (χ1) is 14.6. The fraction of sp³-hybridized carbons (Fsp3) is 0.0870. The van der Waals surface area contributed by atoms with Gasteiger partial charge in [0, 0.05) is 11.1 Å². The molecule has 0 radical (unpaired) electrons. The largest absolute Gasteiger partial charge is 0.484 e. The zero-order valence-corrected chi connectivity index (χ0v) is 16.1. The van der Waals surface area contributed by atoms with Gasteiger partial charge in [-0.2, -0.15) is 4.98 Å². The maximum absolute atomic E-state index is 13.7. The van der Waals surface area contributed by atoms with Crippen LogP contribution in [0.2, 0.25) is 0 Å².